The van der Waals surface area contributed by atoms with Crippen molar-refractivity contribution in [1.29, 1.82) is 0 Å². The van der Waals surface area contributed by atoms with Crippen LogP contribution < -0.4 is 19.6 Å². The molecule has 158 valence electrons. The van der Waals surface area contributed by atoms with Crippen molar-refractivity contribution in [1.82, 2.24) is 14.6 Å². The second-order valence-corrected chi connectivity index (χ2v) is 8.09. The molecular formula is C23H21N3O4S. The van der Waals surface area contributed by atoms with E-state index in [1.165, 1.54) is 22.8 Å². The molecule has 8 heteroatoms. The lowest BCUT2D eigenvalue weighted by Crippen LogP contribution is -2.23. The number of rotatable bonds is 5. The zero-order valence-corrected chi connectivity index (χ0v) is 18.4. The molecule has 0 bridgehead atoms. The minimum absolute atomic E-state index is 0.218. The monoisotopic (exact) mass is 435 g/mol. The maximum Gasteiger partial charge on any atom is 0.308 e. The molecule has 0 aliphatic rings. The van der Waals surface area contributed by atoms with Gasteiger partial charge < -0.3 is 9.47 Å². The normalized spacial score (nSPS) is 11.8. The summed E-state index contributed by atoms with van der Waals surface area (Å²) < 4.78 is 12.6. The van der Waals surface area contributed by atoms with Gasteiger partial charge in [0.25, 0.3) is 5.56 Å². The summed E-state index contributed by atoms with van der Waals surface area (Å²) in [4.78, 5) is 29.2. The predicted molar refractivity (Wildman–Crippen MR) is 120 cm³/mol. The van der Waals surface area contributed by atoms with Gasteiger partial charge in [-0.2, -0.15) is 9.50 Å². The van der Waals surface area contributed by atoms with Gasteiger partial charge in [0.15, 0.2) is 5.82 Å². The first-order valence-electron chi connectivity index (χ1n) is 9.80. The molecule has 0 saturated carbocycles. The Hall–Kier alpha value is -3.52. The highest BCUT2D eigenvalue weighted by atomic mass is 32.1. The third kappa shape index (κ3) is 4.20. The third-order valence-electron chi connectivity index (χ3n) is 4.63. The highest BCUT2D eigenvalue weighted by Gasteiger charge is 2.13. The van der Waals surface area contributed by atoms with Gasteiger partial charge in [-0.3, -0.25) is 9.59 Å². The molecule has 0 unspecified atom stereocenters. The summed E-state index contributed by atoms with van der Waals surface area (Å²) in [7, 11) is 0. The number of hydrogen-bond acceptors (Lipinski definition) is 7. The highest BCUT2D eigenvalue weighted by Crippen LogP contribution is 2.25. The number of hydrogen-bond donors (Lipinski definition) is 0. The minimum Gasteiger partial charge on any atom is -0.494 e. The predicted octanol–water partition coefficient (Wildman–Crippen LogP) is 3.31. The Morgan fingerprint density at radius 2 is 1.84 bits per heavy atom. The first-order chi connectivity index (χ1) is 14.9. The summed E-state index contributed by atoms with van der Waals surface area (Å²) in [6.07, 6.45) is 1.80. The van der Waals surface area contributed by atoms with Crippen molar-refractivity contribution in [3.05, 3.63) is 68.0 Å². The Morgan fingerprint density at radius 3 is 2.42 bits per heavy atom. The van der Waals surface area contributed by atoms with Gasteiger partial charge in [-0.1, -0.05) is 11.3 Å². The summed E-state index contributed by atoms with van der Waals surface area (Å²) >= 11 is 1.28. The third-order valence-corrected chi connectivity index (χ3v) is 5.59. The van der Waals surface area contributed by atoms with Crippen LogP contribution in [0, 0.1) is 13.8 Å². The Bertz CT molecular complexity index is 1360. The number of carbonyl (C=O) groups excluding carboxylic acids is 1. The number of aromatic nitrogens is 3. The van der Waals surface area contributed by atoms with Crippen LogP contribution in [-0.4, -0.2) is 27.2 Å². The van der Waals surface area contributed by atoms with Gasteiger partial charge in [0.2, 0.25) is 4.96 Å². The van der Waals surface area contributed by atoms with Crippen molar-refractivity contribution >= 4 is 28.3 Å². The summed E-state index contributed by atoms with van der Waals surface area (Å²) in [5, 5.41) is 4.39. The molecular weight excluding hydrogens is 414 g/mol. The van der Waals surface area contributed by atoms with Gasteiger partial charge >= 0.3 is 5.97 Å². The minimum atomic E-state index is -0.362. The van der Waals surface area contributed by atoms with E-state index < -0.39 is 0 Å². The number of carbonyl (C=O) groups is 1. The number of aryl methyl sites for hydroxylation is 2. The second kappa shape index (κ2) is 8.31. The van der Waals surface area contributed by atoms with Gasteiger partial charge in [-0.15, -0.1) is 5.10 Å². The van der Waals surface area contributed by atoms with Crippen LogP contribution in [0.15, 0.2) is 41.2 Å². The van der Waals surface area contributed by atoms with E-state index in [4.69, 9.17) is 9.47 Å². The van der Waals surface area contributed by atoms with Crippen LogP contribution >= 0.6 is 11.3 Å². The highest BCUT2D eigenvalue weighted by molar-refractivity contribution is 7.15. The molecule has 0 aliphatic carbocycles. The number of ether oxygens (including phenoxy) is 2. The molecule has 2 aromatic carbocycles. The standard InChI is InChI=1S/C23H21N3O4S/c1-5-29-18-8-6-17(7-9-18)21-24-23-26(25-21)22(28)19(31-23)12-16-10-13(2)20(14(3)11-16)30-15(4)27/h6-12H,5H2,1-4H3/b19-12-. The fourth-order valence-corrected chi connectivity index (χ4v) is 4.25. The molecule has 4 rings (SSSR count). The quantitative estimate of drug-likeness (QED) is 0.353. The fourth-order valence-electron chi connectivity index (χ4n) is 3.35. The van der Waals surface area contributed by atoms with E-state index in [-0.39, 0.29) is 11.5 Å². The fraction of sp³-hybridized carbons (Fsp3) is 0.217. The van der Waals surface area contributed by atoms with E-state index in [0.717, 1.165) is 28.0 Å². The second-order valence-electron chi connectivity index (χ2n) is 7.08. The zero-order chi connectivity index (χ0) is 22.1. The van der Waals surface area contributed by atoms with Crippen molar-refractivity contribution in [2.75, 3.05) is 6.61 Å². The Morgan fingerprint density at radius 1 is 1.16 bits per heavy atom. The lowest BCUT2D eigenvalue weighted by molar-refractivity contribution is -0.131. The summed E-state index contributed by atoms with van der Waals surface area (Å²) in [5.74, 6) is 1.46. The van der Waals surface area contributed by atoms with E-state index in [0.29, 0.717) is 27.7 Å². The maximum absolute atomic E-state index is 12.8. The molecule has 0 N–H and O–H groups in total. The van der Waals surface area contributed by atoms with Gasteiger partial charge in [0.05, 0.1) is 11.1 Å². The number of benzene rings is 2. The van der Waals surface area contributed by atoms with E-state index >= 15 is 0 Å². The molecule has 0 radical (unpaired) electrons. The molecule has 4 aromatic rings. The molecule has 0 saturated heterocycles. The van der Waals surface area contributed by atoms with Crippen molar-refractivity contribution < 1.29 is 14.3 Å². The van der Waals surface area contributed by atoms with Gasteiger partial charge in [0.1, 0.15) is 11.5 Å². The van der Waals surface area contributed by atoms with Crippen LogP contribution in [0.25, 0.3) is 22.4 Å². The molecule has 0 aliphatic heterocycles. The molecule has 7 nitrogen and oxygen atoms in total. The number of nitrogens with zero attached hydrogens (tertiary/aromatic N) is 3. The first kappa shape index (κ1) is 20.7. The molecule has 0 amide bonds. The molecule has 2 heterocycles. The summed E-state index contributed by atoms with van der Waals surface area (Å²) in [6.45, 7) is 7.64. The molecule has 0 spiro atoms. The largest absolute Gasteiger partial charge is 0.494 e. The van der Waals surface area contributed by atoms with Crippen LogP contribution in [0.2, 0.25) is 0 Å². The van der Waals surface area contributed by atoms with Gasteiger partial charge in [0, 0.05) is 12.5 Å². The Kier molecular flexibility index (Phi) is 5.56. The van der Waals surface area contributed by atoms with Crippen LogP contribution in [-0.2, 0) is 4.79 Å². The average molecular weight is 436 g/mol. The number of thiazole rings is 1. The lowest BCUT2D eigenvalue weighted by Gasteiger charge is -2.10. The molecule has 2 aromatic heterocycles. The van der Waals surface area contributed by atoms with Crippen LogP contribution in [0.5, 0.6) is 11.5 Å². The van der Waals surface area contributed by atoms with E-state index in [2.05, 4.69) is 10.1 Å². The van der Waals surface area contributed by atoms with Crippen molar-refractivity contribution in [3.8, 4) is 22.9 Å². The number of esters is 1. The Balaban J connectivity index is 1.69. The first-order valence-corrected chi connectivity index (χ1v) is 10.6. The summed E-state index contributed by atoms with van der Waals surface area (Å²) in [5.41, 5.74) is 3.09. The molecule has 0 fully saturated rings. The molecule has 0 atom stereocenters. The van der Waals surface area contributed by atoms with Gasteiger partial charge in [-0.25, -0.2) is 0 Å². The molecule has 31 heavy (non-hydrogen) atoms. The summed E-state index contributed by atoms with van der Waals surface area (Å²) in [6, 6.07) is 11.2. The topological polar surface area (TPSA) is 82.8 Å². The smallest absolute Gasteiger partial charge is 0.308 e. The SMILES string of the molecule is CCOc1ccc(-c2nc3s/c(=C\c4cc(C)c(OC(C)=O)c(C)c4)c(=O)n3n2)cc1. The van der Waals surface area contributed by atoms with Gasteiger partial charge in [-0.05, 0) is 79.9 Å². The van der Waals surface area contributed by atoms with Crippen molar-refractivity contribution in [2.45, 2.75) is 27.7 Å². The van der Waals surface area contributed by atoms with E-state index in [1.54, 1.807) is 6.08 Å². The van der Waals surface area contributed by atoms with E-state index in [1.807, 2.05) is 57.2 Å². The lowest BCUT2D eigenvalue weighted by atomic mass is 10.1. The van der Waals surface area contributed by atoms with Crippen molar-refractivity contribution in [3.63, 3.8) is 0 Å². The average Bonchev–Trinajstić information content (AvgIpc) is 3.25. The zero-order valence-electron chi connectivity index (χ0n) is 17.6. The van der Waals surface area contributed by atoms with Crippen molar-refractivity contribution in [2.24, 2.45) is 0 Å². The van der Waals surface area contributed by atoms with E-state index in [9.17, 15) is 9.59 Å². The number of fused-ring (bicyclic) bond motifs is 1. The van der Waals surface area contributed by atoms with Crippen LogP contribution in [0.4, 0.5) is 0 Å². The van der Waals surface area contributed by atoms with Crippen LogP contribution in [0.3, 0.4) is 0 Å². The maximum atomic E-state index is 12.8. The Labute approximate surface area is 182 Å². The van der Waals surface area contributed by atoms with Crippen LogP contribution in [0.1, 0.15) is 30.5 Å².